The van der Waals surface area contributed by atoms with Gasteiger partial charge in [-0.15, -0.1) is 0 Å². The molecule has 0 saturated carbocycles. The van der Waals surface area contributed by atoms with Crippen molar-refractivity contribution in [3.05, 3.63) is 45.7 Å². The summed E-state index contributed by atoms with van der Waals surface area (Å²) < 4.78 is 17.4. The molecule has 0 radical (unpaired) electrons. The van der Waals surface area contributed by atoms with Gasteiger partial charge in [-0.25, -0.2) is 4.79 Å². The summed E-state index contributed by atoms with van der Waals surface area (Å²) in [5.74, 6) is -0.240. The molecule has 2 aromatic rings. The number of carbonyl (C=O) groups is 1. The topological polar surface area (TPSA) is 87.0 Å². The minimum Gasteiger partial charge on any atom is -0.504 e. The van der Waals surface area contributed by atoms with E-state index in [1.54, 1.807) is 32.4 Å². The Balaban J connectivity index is 2.18. The van der Waals surface area contributed by atoms with Gasteiger partial charge in [-0.3, -0.25) is 4.79 Å². The number of nitrogens with zero attached hydrogens (tertiary/aromatic N) is 1. The fourth-order valence-corrected chi connectivity index (χ4v) is 3.46. The molecule has 0 fully saturated rings. The smallest absolute Gasteiger partial charge is 0.343 e. The van der Waals surface area contributed by atoms with E-state index in [2.05, 4.69) is 0 Å². The molecule has 1 atom stereocenters. The van der Waals surface area contributed by atoms with Crippen LogP contribution in [-0.2, 0) is 15.9 Å². The normalized spacial score (nSPS) is 15.0. The molecule has 1 aromatic heterocycles. The number of ether oxygens (including phenoxy) is 3. The number of esters is 1. The second-order valence-corrected chi connectivity index (χ2v) is 6.38. The number of hydrogen-bond acceptors (Lipinski definition) is 6. The van der Waals surface area contributed by atoms with Crippen LogP contribution in [0.15, 0.2) is 29.2 Å². The maximum absolute atomic E-state index is 12.5. The number of hydrogen-bond donors (Lipinski definition) is 1. The molecular weight excluding hydrogens is 350 g/mol. The monoisotopic (exact) mass is 373 g/mol. The number of aromatic nitrogens is 1. The first-order valence-electron chi connectivity index (χ1n) is 8.82. The zero-order valence-electron chi connectivity index (χ0n) is 15.7. The van der Waals surface area contributed by atoms with E-state index in [9.17, 15) is 14.7 Å². The summed E-state index contributed by atoms with van der Waals surface area (Å²) in [5.41, 5.74) is 2.00. The van der Waals surface area contributed by atoms with Crippen LogP contribution in [0.2, 0.25) is 0 Å². The SMILES string of the molecule is CCOC(=O)c1cn2c(cc1=O)-c1cc(OC)c(O)cc1CC2CCOC. The molecule has 7 heteroatoms. The predicted molar refractivity (Wildman–Crippen MR) is 99.5 cm³/mol. The Kier molecular flexibility index (Phi) is 5.51. The first kappa shape index (κ1) is 19.0. The quantitative estimate of drug-likeness (QED) is 0.783. The Hall–Kier alpha value is -2.80. The third kappa shape index (κ3) is 3.55. The van der Waals surface area contributed by atoms with Crippen LogP contribution in [0.25, 0.3) is 11.3 Å². The van der Waals surface area contributed by atoms with E-state index >= 15 is 0 Å². The fraction of sp³-hybridized carbons (Fsp3) is 0.400. The molecule has 3 rings (SSSR count). The highest BCUT2D eigenvalue weighted by Gasteiger charge is 2.27. The van der Waals surface area contributed by atoms with E-state index in [1.165, 1.54) is 13.2 Å². The van der Waals surface area contributed by atoms with E-state index in [0.717, 1.165) is 11.1 Å². The van der Waals surface area contributed by atoms with Crippen molar-refractivity contribution in [2.24, 2.45) is 0 Å². The summed E-state index contributed by atoms with van der Waals surface area (Å²) in [7, 11) is 3.10. The van der Waals surface area contributed by atoms with Crippen LogP contribution in [-0.4, -0.2) is 43.1 Å². The molecule has 144 valence electrons. The van der Waals surface area contributed by atoms with Gasteiger partial charge in [0.25, 0.3) is 0 Å². The third-order valence-electron chi connectivity index (χ3n) is 4.76. The van der Waals surface area contributed by atoms with Crippen molar-refractivity contribution in [3.8, 4) is 22.8 Å². The highest BCUT2D eigenvalue weighted by atomic mass is 16.5. The van der Waals surface area contributed by atoms with E-state index in [-0.39, 0.29) is 24.0 Å². The summed E-state index contributed by atoms with van der Waals surface area (Å²) >= 11 is 0. The molecule has 0 bridgehead atoms. The number of rotatable bonds is 6. The van der Waals surface area contributed by atoms with Gasteiger partial charge >= 0.3 is 5.97 Å². The number of methoxy groups -OCH3 is 2. The minimum absolute atomic E-state index is 0.0113. The molecule has 1 aliphatic rings. The van der Waals surface area contributed by atoms with Gasteiger partial charge in [-0.05, 0) is 37.5 Å². The maximum Gasteiger partial charge on any atom is 0.343 e. The van der Waals surface area contributed by atoms with E-state index in [0.29, 0.717) is 30.9 Å². The first-order valence-corrected chi connectivity index (χ1v) is 8.82. The Morgan fingerprint density at radius 3 is 2.74 bits per heavy atom. The Bertz CT molecular complexity index is 917. The molecule has 0 saturated heterocycles. The molecule has 1 aliphatic heterocycles. The van der Waals surface area contributed by atoms with Crippen LogP contribution in [0.5, 0.6) is 11.5 Å². The molecular formula is C20H23NO6. The molecule has 1 aromatic carbocycles. The number of aromatic hydroxyl groups is 1. The number of fused-ring (bicyclic) bond motifs is 3. The summed E-state index contributed by atoms with van der Waals surface area (Å²) in [6, 6.07) is 4.81. The first-order chi connectivity index (χ1) is 13.0. The van der Waals surface area contributed by atoms with Gasteiger partial charge in [-0.2, -0.15) is 0 Å². The van der Waals surface area contributed by atoms with Crippen molar-refractivity contribution in [1.29, 1.82) is 0 Å². The van der Waals surface area contributed by atoms with Gasteiger partial charge in [-0.1, -0.05) is 0 Å². The van der Waals surface area contributed by atoms with Gasteiger partial charge in [0, 0.05) is 37.6 Å². The van der Waals surface area contributed by atoms with Crippen LogP contribution in [0.3, 0.4) is 0 Å². The molecule has 1 N–H and O–H groups in total. The minimum atomic E-state index is -0.627. The zero-order valence-corrected chi connectivity index (χ0v) is 15.7. The average molecular weight is 373 g/mol. The van der Waals surface area contributed by atoms with Crippen molar-refractivity contribution in [2.45, 2.75) is 25.8 Å². The number of carbonyl (C=O) groups excluding carboxylic acids is 1. The molecule has 0 spiro atoms. The number of phenolic OH excluding ortho intramolecular Hbond substituents is 1. The summed E-state index contributed by atoms with van der Waals surface area (Å²) in [6.07, 6.45) is 2.90. The summed E-state index contributed by atoms with van der Waals surface area (Å²) in [4.78, 5) is 24.7. The Labute approximate surface area is 157 Å². The van der Waals surface area contributed by atoms with Crippen molar-refractivity contribution in [1.82, 2.24) is 4.57 Å². The van der Waals surface area contributed by atoms with Gasteiger partial charge in [0.15, 0.2) is 16.9 Å². The van der Waals surface area contributed by atoms with Crippen molar-refractivity contribution in [3.63, 3.8) is 0 Å². The Morgan fingerprint density at radius 2 is 2.07 bits per heavy atom. The second kappa shape index (κ2) is 7.84. The maximum atomic E-state index is 12.5. The molecule has 27 heavy (non-hydrogen) atoms. The predicted octanol–water partition coefficient (Wildman–Crippen LogP) is 2.54. The van der Waals surface area contributed by atoms with Crippen molar-refractivity contribution < 1.29 is 24.1 Å². The third-order valence-corrected chi connectivity index (χ3v) is 4.76. The molecule has 0 amide bonds. The van der Waals surface area contributed by atoms with E-state index < -0.39 is 11.4 Å². The van der Waals surface area contributed by atoms with Crippen molar-refractivity contribution in [2.75, 3.05) is 27.4 Å². The van der Waals surface area contributed by atoms with Crippen molar-refractivity contribution >= 4 is 5.97 Å². The lowest BCUT2D eigenvalue weighted by molar-refractivity contribution is 0.0523. The standard InChI is InChI=1S/C20H23NO6/c1-4-27-20(24)15-11-21-13(5-6-25-2)7-12-8-18(23)19(26-3)9-14(12)16(21)10-17(15)22/h8-11,13,23H,4-7H2,1-3H3. The average Bonchev–Trinajstić information content (AvgIpc) is 2.65. The van der Waals surface area contributed by atoms with E-state index in [4.69, 9.17) is 14.2 Å². The number of pyridine rings is 1. The zero-order chi connectivity index (χ0) is 19.6. The number of phenols is 1. The van der Waals surface area contributed by atoms with Crippen LogP contribution >= 0.6 is 0 Å². The van der Waals surface area contributed by atoms with Crippen LogP contribution in [0.4, 0.5) is 0 Å². The van der Waals surface area contributed by atoms with Gasteiger partial charge < -0.3 is 23.9 Å². The number of benzene rings is 1. The highest BCUT2D eigenvalue weighted by molar-refractivity contribution is 5.89. The fourth-order valence-electron chi connectivity index (χ4n) is 3.46. The molecule has 7 nitrogen and oxygen atoms in total. The largest absolute Gasteiger partial charge is 0.504 e. The van der Waals surface area contributed by atoms with Gasteiger partial charge in [0.05, 0.1) is 19.4 Å². The molecule has 1 unspecified atom stereocenters. The molecule has 0 aliphatic carbocycles. The van der Waals surface area contributed by atoms with Crippen LogP contribution in [0, 0.1) is 0 Å². The summed E-state index contributed by atoms with van der Waals surface area (Å²) in [6.45, 7) is 2.43. The second-order valence-electron chi connectivity index (χ2n) is 6.38. The molecule has 2 heterocycles. The van der Waals surface area contributed by atoms with Gasteiger partial charge in [0.1, 0.15) is 5.56 Å². The van der Waals surface area contributed by atoms with Gasteiger partial charge in [0.2, 0.25) is 0 Å². The lowest BCUT2D eigenvalue weighted by Crippen LogP contribution is -2.27. The highest BCUT2D eigenvalue weighted by Crippen LogP contribution is 2.41. The van der Waals surface area contributed by atoms with E-state index in [1.807, 2.05) is 4.57 Å². The van der Waals surface area contributed by atoms with Crippen LogP contribution in [0.1, 0.15) is 35.3 Å². The summed E-state index contributed by atoms with van der Waals surface area (Å²) in [5, 5.41) is 10.1. The lowest BCUT2D eigenvalue weighted by Gasteiger charge is -2.31. The Morgan fingerprint density at radius 1 is 1.30 bits per heavy atom. The lowest BCUT2D eigenvalue weighted by atomic mass is 9.90. The van der Waals surface area contributed by atoms with Crippen LogP contribution < -0.4 is 10.2 Å².